The molecular formula is C16H20FN3O2. The van der Waals surface area contributed by atoms with Gasteiger partial charge in [-0.15, -0.1) is 0 Å². The maximum absolute atomic E-state index is 13.4. The number of carbonyl (C=O) groups excluding carboxylic acids is 1. The summed E-state index contributed by atoms with van der Waals surface area (Å²) in [4.78, 5) is 14.2. The van der Waals surface area contributed by atoms with E-state index in [1.807, 2.05) is 25.1 Å². The van der Waals surface area contributed by atoms with Crippen molar-refractivity contribution in [3.05, 3.63) is 52.7 Å². The van der Waals surface area contributed by atoms with Crippen molar-refractivity contribution < 1.29 is 13.7 Å². The number of nitrogens with one attached hydrogen (secondary N) is 1. The molecule has 0 saturated heterocycles. The Bertz CT molecular complexity index is 648. The summed E-state index contributed by atoms with van der Waals surface area (Å²) in [6, 6.07) is 6.26. The fraction of sp³-hybridized carbons (Fsp3) is 0.375. The first-order valence-electron chi connectivity index (χ1n) is 7.03. The van der Waals surface area contributed by atoms with Crippen molar-refractivity contribution in [2.24, 2.45) is 0 Å². The van der Waals surface area contributed by atoms with Crippen LogP contribution in [0.5, 0.6) is 0 Å². The number of carbonyl (C=O) groups is 1. The number of amides is 1. The molecule has 0 bridgehead atoms. The molecule has 1 N–H and O–H groups in total. The number of nitrogens with zero attached hydrogens (tertiary/aromatic N) is 2. The van der Waals surface area contributed by atoms with Gasteiger partial charge < -0.3 is 14.7 Å². The normalized spacial score (nSPS) is 12.5. The van der Waals surface area contributed by atoms with E-state index in [2.05, 4.69) is 10.5 Å². The Morgan fingerprint density at radius 3 is 2.68 bits per heavy atom. The first kappa shape index (κ1) is 16.2. The Labute approximate surface area is 129 Å². The van der Waals surface area contributed by atoms with Crippen molar-refractivity contribution in [1.29, 1.82) is 0 Å². The highest BCUT2D eigenvalue weighted by Crippen LogP contribution is 2.19. The van der Waals surface area contributed by atoms with E-state index < -0.39 is 0 Å². The van der Waals surface area contributed by atoms with Crippen molar-refractivity contribution in [1.82, 2.24) is 15.4 Å². The molecule has 1 atom stereocenters. The fourth-order valence-corrected chi connectivity index (χ4v) is 2.40. The Balaban J connectivity index is 2.11. The second kappa shape index (κ2) is 6.70. The van der Waals surface area contributed by atoms with Crippen molar-refractivity contribution >= 4 is 5.91 Å². The van der Waals surface area contributed by atoms with Crippen LogP contribution in [-0.2, 0) is 0 Å². The van der Waals surface area contributed by atoms with Gasteiger partial charge in [-0.3, -0.25) is 4.79 Å². The van der Waals surface area contributed by atoms with Gasteiger partial charge in [0.2, 0.25) is 0 Å². The largest absolute Gasteiger partial charge is 0.361 e. The monoisotopic (exact) mass is 305 g/mol. The molecule has 0 fully saturated rings. The number of benzene rings is 1. The number of aryl methyl sites for hydroxylation is 2. The molecule has 5 nitrogen and oxygen atoms in total. The number of likely N-dealkylation sites (N-methyl/N-ethyl adjacent to an activating group) is 1. The molecular weight excluding hydrogens is 285 g/mol. The first-order valence-corrected chi connectivity index (χ1v) is 7.03. The molecule has 1 aromatic carbocycles. The van der Waals surface area contributed by atoms with Crippen LogP contribution in [0.15, 0.2) is 28.8 Å². The van der Waals surface area contributed by atoms with Gasteiger partial charge in [-0.1, -0.05) is 17.3 Å². The standard InChI is InChI=1S/C16H20FN3O2/c1-10-15(11(2)22-19-10)16(21)18-9-14(20(3)4)12-6-5-7-13(17)8-12/h5-8,14H,9H2,1-4H3,(H,18,21)/t14-/m0/s1. The smallest absolute Gasteiger partial charge is 0.256 e. The molecule has 0 aliphatic heterocycles. The molecule has 0 unspecified atom stereocenters. The average Bonchev–Trinajstić information content (AvgIpc) is 2.78. The predicted octanol–water partition coefficient (Wildman–Crippen LogP) is 2.46. The third-order valence-corrected chi connectivity index (χ3v) is 3.57. The van der Waals surface area contributed by atoms with Crippen LogP contribution in [0.2, 0.25) is 0 Å². The number of hydrogen-bond donors (Lipinski definition) is 1. The highest BCUT2D eigenvalue weighted by Gasteiger charge is 2.20. The van der Waals surface area contributed by atoms with Crippen molar-refractivity contribution in [2.75, 3.05) is 20.6 Å². The Morgan fingerprint density at radius 1 is 1.41 bits per heavy atom. The summed E-state index contributed by atoms with van der Waals surface area (Å²) < 4.78 is 18.4. The van der Waals surface area contributed by atoms with E-state index in [-0.39, 0.29) is 17.8 Å². The van der Waals surface area contributed by atoms with Crippen LogP contribution in [0, 0.1) is 19.7 Å². The Kier molecular flexibility index (Phi) is 4.92. The van der Waals surface area contributed by atoms with Gasteiger partial charge in [-0.25, -0.2) is 4.39 Å². The average molecular weight is 305 g/mol. The van der Waals surface area contributed by atoms with Crippen LogP contribution in [-0.4, -0.2) is 36.6 Å². The molecule has 1 aromatic heterocycles. The summed E-state index contributed by atoms with van der Waals surface area (Å²) in [5, 5.41) is 6.64. The summed E-state index contributed by atoms with van der Waals surface area (Å²) in [6.45, 7) is 3.78. The highest BCUT2D eigenvalue weighted by molar-refractivity contribution is 5.96. The summed E-state index contributed by atoms with van der Waals surface area (Å²) >= 11 is 0. The molecule has 22 heavy (non-hydrogen) atoms. The molecule has 0 saturated carbocycles. The molecule has 2 aromatic rings. The zero-order valence-corrected chi connectivity index (χ0v) is 13.2. The van der Waals surface area contributed by atoms with E-state index in [0.717, 1.165) is 5.56 Å². The molecule has 6 heteroatoms. The molecule has 1 heterocycles. The predicted molar refractivity (Wildman–Crippen MR) is 81.1 cm³/mol. The minimum atomic E-state index is -0.290. The van der Waals surface area contributed by atoms with Gasteiger partial charge in [-0.05, 0) is 45.6 Å². The highest BCUT2D eigenvalue weighted by atomic mass is 19.1. The maximum Gasteiger partial charge on any atom is 0.256 e. The van der Waals surface area contributed by atoms with E-state index >= 15 is 0 Å². The lowest BCUT2D eigenvalue weighted by Gasteiger charge is -2.25. The SMILES string of the molecule is Cc1noc(C)c1C(=O)NC[C@@H](c1cccc(F)c1)N(C)C. The zero-order chi connectivity index (χ0) is 16.3. The lowest BCUT2D eigenvalue weighted by molar-refractivity contribution is 0.0940. The van der Waals surface area contributed by atoms with Crippen LogP contribution in [0.4, 0.5) is 4.39 Å². The third-order valence-electron chi connectivity index (χ3n) is 3.57. The lowest BCUT2D eigenvalue weighted by Crippen LogP contribution is -2.35. The molecule has 0 spiro atoms. The van der Waals surface area contributed by atoms with E-state index in [0.29, 0.717) is 23.6 Å². The molecule has 118 valence electrons. The van der Waals surface area contributed by atoms with Crippen LogP contribution in [0.3, 0.4) is 0 Å². The van der Waals surface area contributed by atoms with Crippen molar-refractivity contribution in [3.63, 3.8) is 0 Å². The first-order chi connectivity index (χ1) is 10.4. The molecule has 0 radical (unpaired) electrons. The van der Waals surface area contributed by atoms with Gasteiger partial charge in [0.15, 0.2) is 0 Å². The minimum absolute atomic E-state index is 0.125. The van der Waals surface area contributed by atoms with Crippen LogP contribution < -0.4 is 5.32 Å². The fourth-order valence-electron chi connectivity index (χ4n) is 2.40. The van der Waals surface area contributed by atoms with E-state index in [9.17, 15) is 9.18 Å². The quantitative estimate of drug-likeness (QED) is 0.922. The number of aromatic nitrogens is 1. The van der Waals surface area contributed by atoms with Gasteiger partial charge >= 0.3 is 0 Å². The molecule has 2 rings (SSSR count). The second-order valence-electron chi connectivity index (χ2n) is 5.44. The lowest BCUT2D eigenvalue weighted by atomic mass is 10.1. The second-order valence-corrected chi connectivity index (χ2v) is 5.44. The third kappa shape index (κ3) is 3.51. The Morgan fingerprint density at radius 2 is 2.14 bits per heavy atom. The summed E-state index contributed by atoms with van der Waals surface area (Å²) in [5.74, 6) is -0.0388. The molecule has 1 amide bonds. The summed E-state index contributed by atoms with van der Waals surface area (Å²) in [7, 11) is 3.77. The topological polar surface area (TPSA) is 58.4 Å². The summed E-state index contributed by atoms with van der Waals surface area (Å²) in [6.07, 6.45) is 0. The van der Waals surface area contributed by atoms with Crippen LogP contribution in [0.1, 0.15) is 33.4 Å². The van der Waals surface area contributed by atoms with E-state index in [1.165, 1.54) is 12.1 Å². The molecule has 0 aliphatic rings. The van der Waals surface area contributed by atoms with E-state index in [4.69, 9.17) is 4.52 Å². The molecule has 0 aliphatic carbocycles. The van der Waals surface area contributed by atoms with Gasteiger partial charge in [0, 0.05) is 6.54 Å². The van der Waals surface area contributed by atoms with Crippen molar-refractivity contribution in [2.45, 2.75) is 19.9 Å². The number of halogens is 1. The number of rotatable bonds is 5. The van der Waals surface area contributed by atoms with Crippen molar-refractivity contribution in [3.8, 4) is 0 Å². The van der Waals surface area contributed by atoms with Crippen LogP contribution in [0.25, 0.3) is 0 Å². The van der Waals surface area contributed by atoms with Gasteiger partial charge in [0.1, 0.15) is 17.1 Å². The van der Waals surface area contributed by atoms with Gasteiger partial charge in [0.25, 0.3) is 5.91 Å². The van der Waals surface area contributed by atoms with E-state index in [1.54, 1.807) is 19.9 Å². The minimum Gasteiger partial charge on any atom is -0.361 e. The van der Waals surface area contributed by atoms with Gasteiger partial charge in [0.05, 0.1) is 11.7 Å². The zero-order valence-electron chi connectivity index (χ0n) is 13.2. The van der Waals surface area contributed by atoms with Gasteiger partial charge in [-0.2, -0.15) is 0 Å². The van der Waals surface area contributed by atoms with Crippen LogP contribution >= 0.6 is 0 Å². The summed E-state index contributed by atoms with van der Waals surface area (Å²) in [5.41, 5.74) is 1.82. The maximum atomic E-state index is 13.4. The Hall–Kier alpha value is -2.21. The number of hydrogen-bond acceptors (Lipinski definition) is 4.